The molecule has 1 aliphatic rings. The lowest BCUT2D eigenvalue weighted by Crippen LogP contribution is -2.37. The van der Waals surface area contributed by atoms with Gasteiger partial charge >= 0.3 is 0 Å². The first-order chi connectivity index (χ1) is 13.5. The minimum atomic E-state index is -1.50. The Balaban J connectivity index is 2.10. The number of benzene rings is 3. The van der Waals surface area contributed by atoms with Gasteiger partial charge in [-0.25, -0.2) is 0 Å². The first-order valence-corrected chi connectivity index (χ1v) is 13.6. The first-order valence-electron chi connectivity index (χ1n) is 10.1. The molecule has 0 amide bonds. The summed E-state index contributed by atoms with van der Waals surface area (Å²) in [5.41, 5.74) is 5.21. The molecule has 0 unspecified atom stereocenters. The summed E-state index contributed by atoms with van der Waals surface area (Å²) in [5.74, 6) is 0. The van der Waals surface area contributed by atoms with Crippen LogP contribution in [0.3, 0.4) is 0 Å². The van der Waals surface area contributed by atoms with E-state index in [1.807, 2.05) is 0 Å². The monoisotopic (exact) mass is 380 g/mol. The number of allylic oxidation sites excluding steroid dienone is 4. The first kappa shape index (κ1) is 18.7. The van der Waals surface area contributed by atoms with Gasteiger partial charge in [0.2, 0.25) is 0 Å². The predicted octanol–water partition coefficient (Wildman–Crippen LogP) is 7.15. The SMILES string of the molecule is C[Si](C)(C)C1=CCC=C1C(c1ccccc1)(c1ccccc1)c1ccccc1. The minimum absolute atomic E-state index is 0.285. The van der Waals surface area contributed by atoms with Crippen LogP contribution in [0.4, 0.5) is 0 Å². The Morgan fingerprint density at radius 2 is 0.964 bits per heavy atom. The highest BCUT2D eigenvalue weighted by Crippen LogP contribution is 2.50. The molecule has 0 saturated carbocycles. The highest BCUT2D eigenvalue weighted by molar-refractivity contribution is 6.84. The highest BCUT2D eigenvalue weighted by atomic mass is 28.3. The zero-order valence-electron chi connectivity index (χ0n) is 17.0. The van der Waals surface area contributed by atoms with Crippen LogP contribution in [-0.2, 0) is 5.41 Å². The Morgan fingerprint density at radius 1 is 0.571 bits per heavy atom. The summed E-state index contributed by atoms with van der Waals surface area (Å²) in [4.78, 5) is 0. The van der Waals surface area contributed by atoms with Crippen molar-refractivity contribution >= 4 is 8.07 Å². The zero-order chi connectivity index (χ0) is 19.6. The molecule has 0 atom stereocenters. The summed E-state index contributed by atoms with van der Waals surface area (Å²) in [6, 6.07) is 33.1. The molecule has 3 aromatic rings. The van der Waals surface area contributed by atoms with E-state index in [0.717, 1.165) is 6.42 Å². The van der Waals surface area contributed by atoms with Crippen LogP contribution < -0.4 is 0 Å². The van der Waals surface area contributed by atoms with Crippen molar-refractivity contribution in [3.05, 3.63) is 131 Å². The predicted molar refractivity (Wildman–Crippen MR) is 123 cm³/mol. The van der Waals surface area contributed by atoms with Gasteiger partial charge in [0, 0.05) is 0 Å². The van der Waals surface area contributed by atoms with Crippen molar-refractivity contribution in [1.29, 1.82) is 0 Å². The lowest BCUT2D eigenvalue weighted by Gasteiger charge is -2.41. The van der Waals surface area contributed by atoms with Gasteiger partial charge < -0.3 is 0 Å². The Labute approximate surface area is 170 Å². The Morgan fingerprint density at radius 3 is 1.32 bits per heavy atom. The molecule has 0 aromatic heterocycles. The molecule has 0 spiro atoms. The van der Waals surface area contributed by atoms with E-state index in [9.17, 15) is 0 Å². The van der Waals surface area contributed by atoms with Crippen molar-refractivity contribution in [3.63, 3.8) is 0 Å². The average Bonchev–Trinajstić information content (AvgIpc) is 3.22. The molecule has 0 nitrogen and oxygen atoms in total. The van der Waals surface area contributed by atoms with Crippen LogP contribution in [0.2, 0.25) is 19.6 Å². The van der Waals surface area contributed by atoms with Crippen LogP contribution in [0, 0.1) is 0 Å². The maximum atomic E-state index is 2.48. The van der Waals surface area contributed by atoms with Crippen LogP contribution in [0.15, 0.2) is 114 Å². The quantitative estimate of drug-likeness (QED) is 0.325. The van der Waals surface area contributed by atoms with E-state index in [4.69, 9.17) is 0 Å². The summed E-state index contributed by atoms with van der Waals surface area (Å²) in [5, 5.41) is 1.59. The number of hydrogen-bond donors (Lipinski definition) is 0. The van der Waals surface area contributed by atoms with Crippen molar-refractivity contribution in [3.8, 4) is 0 Å². The van der Waals surface area contributed by atoms with Gasteiger partial charge in [-0.1, -0.05) is 128 Å². The number of hydrogen-bond acceptors (Lipinski definition) is 0. The molecule has 0 heterocycles. The molecular weight excluding hydrogens is 352 g/mol. The molecule has 0 aliphatic heterocycles. The molecule has 3 aromatic carbocycles. The van der Waals surface area contributed by atoms with E-state index >= 15 is 0 Å². The van der Waals surface area contributed by atoms with Crippen LogP contribution in [-0.4, -0.2) is 8.07 Å². The van der Waals surface area contributed by atoms with Gasteiger partial charge in [-0.15, -0.1) is 0 Å². The third kappa shape index (κ3) is 3.10. The van der Waals surface area contributed by atoms with E-state index in [2.05, 4.69) is 123 Å². The molecule has 0 N–H and O–H groups in total. The van der Waals surface area contributed by atoms with E-state index in [1.54, 1.807) is 5.20 Å². The fourth-order valence-corrected chi connectivity index (χ4v) is 6.44. The zero-order valence-corrected chi connectivity index (χ0v) is 18.0. The van der Waals surface area contributed by atoms with Gasteiger partial charge in [0.25, 0.3) is 0 Å². The van der Waals surface area contributed by atoms with Crippen LogP contribution in [0.5, 0.6) is 0 Å². The Kier molecular flexibility index (Phi) is 4.95. The summed E-state index contributed by atoms with van der Waals surface area (Å²) < 4.78 is 0. The van der Waals surface area contributed by atoms with Crippen molar-refractivity contribution in [2.45, 2.75) is 31.5 Å². The molecule has 0 bridgehead atoms. The third-order valence-corrected chi connectivity index (χ3v) is 7.86. The largest absolute Gasteiger partial charge is 0.0812 e. The van der Waals surface area contributed by atoms with Crippen molar-refractivity contribution in [2.24, 2.45) is 0 Å². The van der Waals surface area contributed by atoms with Gasteiger partial charge in [0.05, 0.1) is 13.5 Å². The Bertz CT molecular complexity index is 894. The van der Waals surface area contributed by atoms with E-state index in [0.29, 0.717) is 0 Å². The fourth-order valence-electron chi connectivity index (χ4n) is 4.61. The summed E-state index contributed by atoms with van der Waals surface area (Å²) in [6.07, 6.45) is 5.98. The smallest absolute Gasteiger partial charge is 0.0776 e. The topological polar surface area (TPSA) is 0 Å². The second kappa shape index (κ2) is 7.41. The Hall–Kier alpha value is -2.64. The minimum Gasteiger partial charge on any atom is -0.0812 e. The molecule has 1 heteroatoms. The molecule has 0 saturated heterocycles. The second-order valence-electron chi connectivity index (χ2n) is 8.57. The number of rotatable bonds is 5. The molecule has 1 aliphatic carbocycles. The lowest BCUT2D eigenvalue weighted by molar-refractivity contribution is 0.740. The molecular formula is C27H28Si. The van der Waals surface area contributed by atoms with Gasteiger partial charge in [-0.05, 0) is 28.7 Å². The normalized spacial score (nSPS) is 14.5. The molecule has 0 radical (unpaired) electrons. The molecule has 4 rings (SSSR count). The summed E-state index contributed by atoms with van der Waals surface area (Å²) in [6.45, 7) is 7.39. The van der Waals surface area contributed by atoms with Crippen LogP contribution >= 0.6 is 0 Å². The van der Waals surface area contributed by atoms with Gasteiger partial charge in [-0.2, -0.15) is 0 Å². The van der Waals surface area contributed by atoms with E-state index in [1.165, 1.54) is 22.3 Å². The van der Waals surface area contributed by atoms with Gasteiger partial charge in [-0.3, -0.25) is 0 Å². The van der Waals surface area contributed by atoms with Crippen molar-refractivity contribution in [2.75, 3.05) is 0 Å². The van der Waals surface area contributed by atoms with Crippen LogP contribution in [0.25, 0.3) is 0 Å². The van der Waals surface area contributed by atoms with Gasteiger partial charge in [0.1, 0.15) is 0 Å². The molecule has 140 valence electrons. The van der Waals surface area contributed by atoms with E-state index in [-0.39, 0.29) is 5.41 Å². The fraction of sp³-hybridized carbons (Fsp3) is 0.185. The summed E-state index contributed by atoms with van der Waals surface area (Å²) >= 11 is 0. The lowest BCUT2D eigenvalue weighted by atomic mass is 9.65. The third-order valence-electron chi connectivity index (χ3n) is 5.77. The van der Waals surface area contributed by atoms with Crippen molar-refractivity contribution in [1.82, 2.24) is 0 Å². The molecule has 28 heavy (non-hydrogen) atoms. The summed E-state index contributed by atoms with van der Waals surface area (Å²) in [7, 11) is -1.50. The average molecular weight is 381 g/mol. The maximum Gasteiger partial charge on any atom is 0.0776 e. The van der Waals surface area contributed by atoms with E-state index < -0.39 is 8.07 Å². The maximum absolute atomic E-state index is 2.48. The second-order valence-corrected chi connectivity index (χ2v) is 13.6. The van der Waals surface area contributed by atoms with Gasteiger partial charge in [0.15, 0.2) is 0 Å². The standard InChI is InChI=1S/C27H28Si/c1-28(2,3)26-21-13-20-25(26)27(22-14-7-4-8-15-22,23-16-9-5-10-17-23)24-18-11-6-12-19-24/h4-12,14-21H,13H2,1-3H3. The van der Waals surface area contributed by atoms with Crippen LogP contribution in [0.1, 0.15) is 23.1 Å². The molecule has 0 fully saturated rings. The highest BCUT2D eigenvalue weighted by Gasteiger charge is 2.44. The van der Waals surface area contributed by atoms with Crippen molar-refractivity contribution < 1.29 is 0 Å².